The third-order valence-electron chi connectivity index (χ3n) is 4.12. The molecule has 3 rings (SSSR count). The number of nitrogens with one attached hydrogen (secondary N) is 1. The lowest BCUT2D eigenvalue weighted by molar-refractivity contribution is 0.328. The fraction of sp³-hybridized carbons (Fsp3) is 0.312. The van der Waals surface area contributed by atoms with Crippen LogP contribution in [-0.2, 0) is 12.8 Å². The lowest BCUT2D eigenvalue weighted by Gasteiger charge is -2.31. The predicted octanol–water partition coefficient (Wildman–Crippen LogP) is 2.53. The van der Waals surface area contributed by atoms with Crippen molar-refractivity contribution in [1.29, 1.82) is 0 Å². The summed E-state index contributed by atoms with van der Waals surface area (Å²) in [5, 5.41) is 0. The molecule has 0 saturated heterocycles. The summed E-state index contributed by atoms with van der Waals surface area (Å²) in [5.41, 5.74) is 6.44. The molecule has 0 saturated carbocycles. The number of nitrogens with two attached hydrogens (primary N) is 1. The summed E-state index contributed by atoms with van der Waals surface area (Å²) < 4.78 is 13.3. The van der Waals surface area contributed by atoms with Crippen LogP contribution in [0.3, 0.4) is 0 Å². The third kappa shape index (κ3) is 2.57. The number of halogens is 1. The molecular formula is C16H18FN3. The molecule has 0 radical (unpaired) electrons. The molecule has 3 N–H and O–H groups in total. The average Bonchev–Trinajstić information content (AvgIpc) is 2.48. The monoisotopic (exact) mass is 271 g/mol. The van der Waals surface area contributed by atoms with Gasteiger partial charge in [0.05, 0.1) is 12.2 Å². The van der Waals surface area contributed by atoms with Crippen LogP contribution in [-0.4, -0.2) is 4.98 Å². The van der Waals surface area contributed by atoms with E-state index in [0.717, 1.165) is 24.8 Å². The quantitative estimate of drug-likeness (QED) is 0.666. The Labute approximate surface area is 118 Å². The smallest absolute Gasteiger partial charge is 0.141 e. The Balaban J connectivity index is 1.85. The molecule has 1 aromatic heterocycles. The first-order valence-corrected chi connectivity index (χ1v) is 6.91. The van der Waals surface area contributed by atoms with Crippen LogP contribution in [0.25, 0.3) is 0 Å². The van der Waals surface area contributed by atoms with Gasteiger partial charge in [-0.25, -0.2) is 4.39 Å². The average molecular weight is 271 g/mol. The van der Waals surface area contributed by atoms with E-state index in [2.05, 4.69) is 34.7 Å². The molecule has 1 aliphatic carbocycles. The van der Waals surface area contributed by atoms with Crippen LogP contribution in [0.4, 0.5) is 4.39 Å². The van der Waals surface area contributed by atoms with Crippen LogP contribution in [0, 0.1) is 11.7 Å². The maximum absolute atomic E-state index is 13.3. The number of pyridine rings is 1. The maximum atomic E-state index is 13.3. The van der Waals surface area contributed by atoms with Gasteiger partial charge in [-0.05, 0) is 47.9 Å². The minimum Gasteiger partial charge on any atom is -0.271 e. The lowest BCUT2D eigenvalue weighted by atomic mass is 9.78. The van der Waals surface area contributed by atoms with E-state index in [1.807, 2.05) is 0 Å². The van der Waals surface area contributed by atoms with E-state index < -0.39 is 0 Å². The first kappa shape index (κ1) is 13.2. The van der Waals surface area contributed by atoms with Crippen LogP contribution in [0.5, 0.6) is 0 Å². The van der Waals surface area contributed by atoms with Crippen molar-refractivity contribution in [3.63, 3.8) is 0 Å². The number of hydrogen-bond donors (Lipinski definition) is 2. The van der Waals surface area contributed by atoms with E-state index >= 15 is 0 Å². The third-order valence-corrected chi connectivity index (χ3v) is 4.12. The summed E-state index contributed by atoms with van der Waals surface area (Å²) in [5.74, 6) is 5.74. The molecule has 0 bridgehead atoms. The van der Waals surface area contributed by atoms with Crippen LogP contribution < -0.4 is 11.3 Å². The van der Waals surface area contributed by atoms with E-state index in [1.54, 1.807) is 6.20 Å². The fourth-order valence-electron chi connectivity index (χ4n) is 3.11. The van der Waals surface area contributed by atoms with Crippen molar-refractivity contribution in [1.82, 2.24) is 10.4 Å². The Kier molecular flexibility index (Phi) is 3.76. The molecule has 0 amide bonds. The minimum atomic E-state index is -0.320. The van der Waals surface area contributed by atoms with Gasteiger partial charge < -0.3 is 0 Å². The number of aryl methyl sites for hydroxylation is 1. The van der Waals surface area contributed by atoms with E-state index in [0.29, 0.717) is 5.92 Å². The Hall–Kier alpha value is -1.78. The first-order valence-electron chi connectivity index (χ1n) is 6.91. The van der Waals surface area contributed by atoms with Gasteiger partial charge in [-0.2, -0.15) is 0 Å². The van der Waals surface area contributed by atoms with E-state index in [1.165, 1.54) is 23.4 Å². The maximum Gasteiger partial charge on any atom is 0.141 e. The summed E-state index contributed by atoms with van der Waals surface area (Å²) in [6.45, 7) is 0. The summed E-state index contributed by atoms with van der Waals surface area (Å²) >= 11 is 0. The van der Waals surface area contributed by atoms with Crippen LogP contribution >= 0.6 is 0 Å². The molecule has 4 heteroatoms. The van der Waals surface area contributed by atoms with Crippen LogP contribution in [0.1, 0.15) is 29.2 Å². The molecule has 0 aliphatic heterocycles. The highest BCUT2D eigenvalue weighted by molar-refractivity contribution is 5.31. The Morgan fingerprint density at radius 2 is 2.05 bits per heavy atom. The summed E-state index contributed by atoms with van der Waals surface area (Å²) in [7, 11) is 0. The van der Waals surface area contributed by atoms with Crippen molar-refractivity contribution in [2.75, 3.05) is 0 Å². The van der Waals surface area contributed by atoms with Crippen molar-refractivity contribution in [3.05, 3.63) is 65.2 Å². The van der Waals surface area contributed by atoms with Crippen molar-refractivity contribution < 1.29 is 4.39 Å². The molecule has 20 heavy (non-hydrogen) atoms. The second-order valence-corrected chi connectivity index (χ2v) is 5.35. The second kappa shape index (κ2) is 5.69. The van der Waals surface area contributed by atoms with Gasteiger partial charge in [0.25, 0.3) is 0 Å². The second-order valence-electron chi connectivity index (χ2n) is 5.35. The largest absolute Gasteiger partial charge is 0.271 e. The lowest BCUT2D eigenvalue weighted by Crippen LogP contribution is -2.36. The zero-order valence-corrected chi connectivity index (χ0v) is 11.2. The molecule has 3 nitrogen and oxygen atoms in total. The van der Waals surface area contributed by atoms with Gasteiger partial charge in [-0.1, -0.05) is 24.3 Å². The summed E-state index contributed by atoms with van der Waals surface area (Å²) in [4.78, 5) is 3.92. The summed E-state index contributed by atoms with van der Waals surface area (Å²) in [6.07, 6.45) is 5.95. The number of aromatic nitrogens is 1. The topological polar surface area (TPSA) is 50.9 Å². The summed E-state index contributed by atoms with van der Waals surface area (Å²) in [6, 6.07) is 9.94. The predicted molar refractivity (Wildman–Crippen MR) is 76.2 cm³/mol. The zero-order valence-electron chi connectivity index (χ0n) is 11.2. The van der Waals surface area contributed by atoms with E-state index in [-0.39, 0.29) is 11.9 Å². The van der Waals surface area contributed by atoms with E-state index in [4.69, 9.17) is 5.84 Å². The molecule has 2 atom stereocenters. The first-order chi connectivity index (χ1) is 9.78. The number of benzene rings is 1. The molecule has 2 unspecified atom stereocenters. The molecule has 0 spiro atoms. The van der Waals surface area contributed by atoms with Gasteiger partial charge >= 0.3 is 0 Å². The number of hydrogen-bond acceptors (Lipinski definition) is 3. The van der Waals surface area contributed by atoms with Gasteiger partial charge in [0, 0.05) is 6.20 Å². The van der Waals surface area contributed by atoms with Gasteiger partial charge in [0.1, 0.15) is 5.82 Å². The normalized spacial score (nSPS) is 19.4. The van der Waals surface area contributed by atoms with Crippen LogP contribution in [0.2, 0.25) is 0 Å². The van der Waals surface area contributed by atoms with Crippen molar-refractivity contribution in [3.8, 4) is 0 Å². The van der Waals surface area contributed by atoms with Gasteiger partial charge in [0.15, 0.2) is 0 Å². The molecule has 2 aromatic rings. The highest BCUT2D eigenvalue weighted by Gasteiger charge is 2.27. The van der Waals surface area contributed by atoms with Crippen molar-refractivity contribution >= 4 is 0 Å². The minimum absolute atomic E-state index is 0.0634. The number of hydrazine groups is 1. The highest BCUT2D eigenvalue weighted by Crippen LogP contribution is 2.33. The standard InChI is InChI=1S/C16H18FN3/c17-15-8-14(9-19-10-15)16(20-18)13-6-5-11-3-1-2-4-12(11)7-13/h1-4,8-10,13,16,20H,5-7,18H2. The van der Waals surface area contributed by atoms with Crippen molar-refractivity contribution in [2.45, 2.75) is 25.3 Å². The molecule has 1 heterocycles. The van der Waals surface area contributed by atoms with Crippen LogP contribution in [0.15, 0.2) is 42.7 Å². The SMILES string of the molecule is NNC(c1cncc(F)c1)C1CCc2ccccc2C1. The van der Waals surface area contributed by atoms with Gasteiger partial charge in [-0.15, -0.1) is 0 Å². The number of nitrogens with zero attached hydrogens (tertiary/aromatic N) is 1. The molecule has 104 valence electrons. The number of fused-ring (bicyclic) bond motifs is 1. The Bertz CT molecular complexity index is 600. The Morgan fingerprint density at radius 1 is 1.25 bits per heavy atom. The van der Waals surface area contributed by atoms with E-state index in [9.17, 15) is 4.39 Å². The van der Waals surface area contributed by atoms with Gasteiger partial charge in [0.2, 0.25) is 0 Å². The fourth-order valence-corrected chi connectivity index (χ4v) is 3.11. The Morgan fingerprint density at radius 3 is 2.80 bits per heavy atom. The molecule has 1 aromatic carbocycles. The number of rotatable bonds is 3. The van der Waals surface area contributed by atoms with Crippen molar-refractivity contribution in [2.24, 2.45) is 11.8 Å². The van der Waals surface area contributed by atoms with Gasteiger partial charge in [-0.3, -0.25) is 16.3 Å². The highest BCUT2D eigenvalue weighted by atomic mass is 19.1. The zero-order chi connectivity index (χ0) is 13.9. The molecule has 1 aliphatic rings. The molecule has 0 fully saturated rings. The molecular weight excluding hydrogens is 253 g/mol.